The molecule has 2 N–H and O–H groups in total. The lowest BCUT2D eigenvalue weighted by molar-refractivity contribution is -0.114. The number of benzene rings is 2. The smallest absolute Gasteiger partial charge is 0.253 e. The highest BCUT2D eigenvalue weighted by Gasteiger charge is 2.11. The van der Waals surface area contributed by atoms with E-state index in [-0.39, 0.29) is 11.8 Å². The van der Waals surface area contributed by atoms with E-state index in [1.165, 1.54) is 11.8 Å². The van der Waals surface area contributed by atoms with Crippen molar-refractivity contribution in [3.63, 3.8) is 0 Å². The first kappa shape index (κ1) is 20.1. The van der Waals surface area contributed by atoms with Gasteiger partial charge >= 0.3 is 0 Å². The molecule has 0 fully saturated rings. The zero-order valence-electron chi connectivity index (χ0n) is 17.5. The number of nitrogens with one attached hydrogen (secondary N) is 2. The van der Waals surface area contributed by atoms with Crippen molar-refractivity contribution < 1.29 is 9.59 Å². The predicted molar refractivity (Wildman–Crippen MR) is 120 cm³/mol. The molecule has 156 valence electrons. The molecule has 0 aliphatic rings. The van der Waals surface area contributed by atoms with E-state index in [9.17, 15) is 9.59 Å². The zero-order valence-corrected chi connectivity index (χ0v) is 17.5. The Balaban J connectivity index is 1.62. The average molecular weight is 414 g/mol. The highest BCUT2D eigenvalue weighted by molar-refractivity contribution is 5.94. The van der Waals surface area contributed by atoms with Gasteiger partial charge in [-0.1, -0.05) is 18.2 Å². The summed E-state index contributed by atoms with van der Waals surface area (Å²) in [6, 6.07) is 20.5. The molecule has 0 spiro atoms. The first-order valence-corrected chi connectivity index (χ1v) is 9.73. The van der Waals surface area contributed by atoms with Gasteiger partial charge in [0.1, 0.15) is 0 Å². The Hall–Kier alpha value is -4.20. The Morgan fingerprint density at radius 2 is 1.68 bits per heavy atom. The standard InChI is InChI=1S/C23H22N6O2/c1-15(30)24-19-7-4-6-17(14-19)20-8-5-9-21-26-23(27-29(20)21)25-18-12-10-16(11-13-18)22(31)28(2)3/h4-14H,1-3H3,(H,24,30)(H,25,27). The van der Waals surface area contributed by atoms with Crippen LogP contribution in [0.3, 0.4) is 0 Å². The Kier molecular flexibility index (Phi) is 5.36. The largest absolute Gasteiger partial charge is 0.345 e. The summed E-state index contributed by atoms with van der Waals surface area (Å²) in [6.45, 7) is 1.48. The summed E-state index contributed by atoms with van der Waals surface area (Å²) < 4.78 is 1.75. The van der Waals surface area contributed by atoms with Crippen LogP contribution < -0.4 is 10.6 Å². The number of amides is 2. The molecule has 0 radical (unpaired) electrons. The molecule has 4 aromatic rings. The number of hydrogen-bond acceptors (Lipinski definition) is 5. The second-order valence-electron chi connectivity index (χ2n) is 7.28. The Morgan fingerprint density at radius 1 is 0.935 bits per heavy atom. The van der Waals surface area contributed by atoms with Gasteiger partial charge in [-0.3, -0.25) is 9.59 Å². The van der Waals surface area contributed by atoms with E-state index < -0.39 is 0 Å². The summed E-state index contributed by atoms with van der Waals surface area (Å²) >= 11 is 0. The molecule has 0 saturated carbocycles. The molecule has 2 heterocycles. The van der Waals surface area contributed by atoms with E-state index in [0.29, 0.717) is 22.8 Å². The third-order valence-corrected chi connectivity index (χ3v) is 4.63. The molecular formula is C23H22N6O2. The number of pyridine rings is 1. The van der Waals surface area contributed by atoms with Crippen molar-refractivity contribution in [3.8, 4) is 11.3 Å². The highest BCUT2D eigenvalue weighted by atomic mass is 16.2. The third-order valence-electron chi connectivity index (χ3n) is 4.63. The second kappa shape index (κ2) is 8.27. The summed E-state index contributed by atoms with van der Waals surface area (Å²) in [5, 5.41) is 10.6. The van der Waals surface area contributed by atoms with Crippen LogP contribution in [0.5, 0.6) is 0 Å². The molecule has 2 aromatic carbocycles. The van der Waals surface area contributed by atoms with E-state index in [0.717, 1.165) is 16.9 Å². The number of nitrogens with zero attached hydrogens (tertiary/aromatic N) is 4. The van der Waals surface area contributed by atoms with Crippen molar-refractivity contribution in [3.05, 3.63) is 72.3 Å². The Bertz CT molecular complexity index is 1260. The quantitative estimate of drug-likeness (QED) is 0.518. The number of aromatic nitrogens is 3. The molecule has 0 saturated heterocycles. The van der Waals surface area contributed by atoms with Gasteiger partial charge in [-0.2, -0.15) is 4.98 Å². The second-order valence-corrected chi connectivity index (χ2v) is 7.28. The summed E-state index contributed by atoms with van der Waals surface area (Å²) in [4.78, 5) is 29.5. The van der Waals surface area contributed by atoms with Crippen molar-refractivity contribution in [1.29, 1.82) is 0 Å². The van der Waals surface area contributed by atoms with Crippen LogP contribution in [0.15, 0.2) is 66.7 Å². The summed E-state index contributed by atoms with van der Waals surface area (Å²) in [5.74, 6) is 0.265. The van der Waals surface area contributed by atoms with Crippen LogP contribution in [-0.2, 0) is 4.79 Å². The zero-order chi connectivity index (χ0) is 22.0. The van der Waals surface area contributed by atoms with E-state index in [4.69, 9.17) is 0 Å². The van der Waals surface area contributed by atoms with Gasteiger partial charge in [0.2, 0.25) is 11.9 Å². The van der Waals surface area contributed by atoms with Gasteiger partial charge in [0, 0.05) is 43.5 Å². The van der Waals surface area contributed by atoms with E-state index >= 15 is 0 Å². The molecule has 2 aromatic heterocycles. The lowest BCUT2D eigenvalue weighted by Crippen LogP contribution is -2.21. The topological polar surface area (TPSA) is 91.6 Å². The summed E-state index contributed by atoms with van der Waals surface area (Å²) in [7, 11) is 3.44. The third kappa shape index (κ3) is 4.37. The van der Waals surface area contributed by atoms with Crippen molar-refractivity contribution in [2.45, 2.75) is 6.92 Å². The Labute approximate surface area is 179 Å². The highest BCUT2D eigenvalue weighted by Crippen LogP contribution is 2.24. The van der Waals surface area contributed by atoms with Gasteiger partial charge in [-0.05, 0) is 48.5 Å². The number of fused-ring (bicyclic) bond motifs is 1. The Morgan fingerprint density at radius 3 is 2.39 bits per heavy atom. The molecule has 0 aliphatic heterocycles. The number of rotatable bonds is 5. The maximum atomic E-state index is 12.0. The minimum Gasteiger partial charge on any atom is -0.345 e. The number of carbonyl (C=O) groups excluding carboxylic acids is 2. The van der Waals surface area contributed by atoms with Crippen LogP contribution in [0.25, 0.3) is 16.9 Å². The van der Waals surface area contributed by atoms with Crippen molar-refractivity contribution >= 4 is 34.8 Å². The molecule has 0 aliphatic carbocycles. The molecule has 8 nitrogen and oxygen atoms in total. The number of hydrogen-bond donors (Lipinski definition) is 2. The first-order chi connectivity index (χ1) is 14.9. The van der Waals surface area contributed by atoms with Gasteiger partial charge in [-0.25, -0.2) is 4.52 Å². The van der Waals surface area contributed by atoms with E-state index in [1.54, 1.807) is 30.7 Å². The van der Waals surface area contributed by atoms with Crippen LogP contribution >= 0.6 is 0 Å². The molecule has 0 bridgehead atoms. The fraction of sp³-hybridized carbons (Fsp3) is 0.130. The predicted octanol–water partition coefficient (Wildman–Crippen LogP) is 3.80. The molecule has 4 rings (SSSR count). The van der Waals surface area contributed by atoms with Gasteiger partial charge in [0.25, 0.3) is 5.91 Å². The lowest BCUT2D eigenvalue weighted by atomic mass is 10.1. The maximum absolute atomic E-state index is 12.0. The number of anilines is 3. The SMILES string of the molecule is CC(=O)Nc1cccc(-c2cccc3nc(Nc4ccc(C(=O)N(C)C)cc4)nn23)c1. The fourth-order valence-electron chi connectivity index (χ4n) is 3.22. The minimum atomic E-state index is -0.124. The van der Waals surface area contributed by atoms with Crippen LogP contribution in [-0.4, -0.2) is 45.4 Å². The molecule has 2 amide bonds. The van der Waals surface area contributed by atoms with Gasteiger partial charge in [0.15, 0.2) is 5.65 Å². The van der Waals surface area contributed by atoms with E-state index in [1.807, 2.05) is 54.6 Å². The van der Waals surface area contributed by atoms with Crippen LogP contribution in [0.2, 0.25) is 0 Å². The molecule has 0 unspecified atom stereocenters. The average Bonchev–Trinajstić information content (AvgIpc) is 3.16. The first-order valence-electron chi connectivity index (χ1n) is 9.73. The summed E-state index contributed by atoms with van der Waals surface area (Å²) in [6.07, 6.45) is 0. The molecule has 31 heavy (non-hydrogen) atoms. The van der Waals surface area contributed by atoms with Gasteiger partial charge in [-0.15, -0.1) is 5.10 Å². The van der Waals surface area contributed by atoms with Crippen LogP contribution in [0.1, 0.15) is 17.3 Å². The maximum Gasteiger partial charge on any atom is 0.253 e. The van der Waals surface area contributed by atoms with Crippen LogP contribution in [0, 0.1) is 0 Å². The molecular weight excluding hydrogens is 392 g/mol. The fourth-order valence-corrected chi connectivity index (χ4v) is 3.22. The van der Waals surface area contributed by atoms with Gasteiger partial charge in [0.05, 0.1) is 5.69 Å². The molecule has 8 heteroatoms. The number of carbonyl (C=O) groups is 2. The van der Waals surface area contributed by atoms with E-state index in [2.05, 4.69) is 20.7 Å². The summed E-state index contributed by atoms with van der Waals surface area (Å²) in [5.41, 5.74) is 4.54. The van der Waals surface area contributed by atoms with Crippen molar-refractivity contribution in [2.75, 3.05) is 24.7 Å². The minimum absolute atomic E-state index is 0.0523. The molecule has 0 atom stereocenters. The van der Waals surface area contributed by atoms with Crippen molar-refractivity contribution in [1.82, 2.24) is 19.5 Å². The van der Waals surface area contributed by atoms with Crippen LogP contribution in [0.4, 0.5) is 17.3 Å². The van der Waals surface area contributed by atoms with Crippen molar-refractivity contribution in [2.24, 2.45) is 0 Å². The lowest BCUT2D eigenvalue weighted by Gasteiger charge is -2.10. The monoisotopic (exact) mass is 414 g/mol. The normalized spacial score (nSPS) is 10.7. The van der Waals surface area contributed by atoms with Gasteiger partial charge < -0.3 is 15.5 Å².